The van der Waals surface area contributed by atoms with E-state index in [-0.39, 0.29) is 5.91 Å². The van der Waals surface area contributed by atoms with E-state index in [4.69, 9.17) is 11.6 Å². The first kappa shape index (κ1) is 17.2. The lowest BCUT2D eigenvalue weighted by Gasteiger charge is -2.16. The number of nitrogens with one attached hydrogen (secondary N) is 1. The van der Waals surface area contributed by atoms with Crippen molar-refractivity contribution >= 4 is 23.5 Å². The van der Waals surface area contributed by atoms with Crippen molar-refractivity contribution in [2.24, 2.45) is 0 Å². The largest absolute Gasteiger partial charge is 0.350 e. The molecule has 0 bridgehead atoms. The molecule has 23 heavy (non-hydrogen) atoms. The number of halogens is 1. The minimum absolute atomic E-state index is 0.0592. The van der Waals surface area contributed by atoms with E-state index >= 15 is 0 Å². The molecule has 2 rings (SSSR count). The van der Waals surface area contributed by atoms with Crippen molar-refractivity contribution in [1.29, 1.82) is 0 Å². The number of anilines is 1. The number of unbranched alkanes of at least 4 members (excludes halogenated alkanes) is 1. The lowest BCUT2D eigenvalue weighted by molar-refractivity contribution is 0.0792. The molecule has 122 valence electrons. The number of benzene rings is 1. The molecular weight excluding hydrogens is 312 g/mol. The Balaban J connectivity index is 1.94. The topological polar surface area (TPSA) is 58.1 Å². The fourth-order valence-corrected chi connectivity index (χ4v) is 2.27. The van der Waals surface area contributed by atoms with Crippen LogP contribution in [0.4, 0.5) is 5.95 Å². The number of nitrogens with zero attached hydrogens (tertiary/aromatic N) is 3. The Morgan fingerprint density at radius 2 is 1.96 bits per heavy atom. The van der Waals surface area contributed by atoms with Gasteiger partial charge in [-0.05, 0) is 18.1 Å². The summed E-state index contributed by atoms with van der Waals surface area (Å²) >= 11 is 6.10. The van der Waals surface area contributed by atoms with Gasteiger partial charge >= 0.3 is 0 Å². The molecule has 0 spiro atoms. The second-order valence-corrected chi connectivity index (χ2v) is 5.73. The number of amides is 1. The lowest BCUT2D eigenvalue weighted by Crippen LogP contribution is -2.28. The zero-order valence-corrected chi connectivity index (χ0v) is 14.2. The van der Waals surface area contributed by atoms with Gasteiger partial charge in [0, 0.05) is 37.6 Å². The maximum Gasteiger partial charge on any atom is 0.256 e. The molecule has 0 fully saturated rings. The van der Waals surface area contributed by atoms with Gasteiger partial charge in [0.1, 0.15) is 0 Å². The zero-order valence-electron chi connectivity index (χ0n) is 13.4. The molecule has 0 aliphatic rings. The van der Waals surface area contributed by atoms with Crippen molar-refractivity contribution in [2.75, 3.05) is 18.9 Å². The van der Waals surface area contributed by atoms with Crippen LogP contribution in [-0.2, 0) is 6.54 Å². The fraction of sp³-hybridized carbons (Fsp3) is 0.353. The van der Waals surface area contributed by atoms with E-state index in [1.54, 1.807) is 24.3 Å². The average Bonchev–Trinajstić information content (AvgIpc) is 2.59. The van der Waals surface area contributed by atoms with Gasteiger partial charge < -0.3 is 10.2 Å². The molecule has 6 heteroatoms. The molecule has 0 radical (unpaired) electrons. The summed E-state index contributed by atoms with van der Waals surface area (Å²) in [7, 11) is 1.79. The molecule has 2 aromatic rings. The lowest BCUT2D eigenvalue weighted by atomic mass is 10.2. The summed E-state index contributed by atoms with van der Waals surface area (Å²) in [4.78, 5) is 22.3. The fourth-order valence-electron chi connectivity index (χ4n) is 2.06. The van der Waals surface area contributed by atoms with Crippen LogP contribution in [0.3, 0.4) is 0 Å². The highest BCUT2D eigenvalue weighted by Crippen LogP contribution is 2.15. The molecule has 1 aromatic heterocycles. The van der Waals surface area contributed by atoms with Crippen molar-refractivity contribution in [3.63, 3.8) is 0 Å². The second kappa shape index (κ2) is 8.48. The van der Waals surface area contributed by atoms with Gasteiger partial charge in [0.05, 0.1) is 5.56 Å². The molecular formula is C17H21ClN4O. The number of rotatable bonds is 7. The Morgan fingerprint density at radius 3 is 2.61 bits per heavy atom. The van der Waals surface area contributed by atoms with Crippen molar-refractivity contribution < 1.29 is 4.79 Å². The predicted molar refractivity (Wildman–Crippen MR) is 92.7 cm³/mol. The van der Waals surface area contributed by atoms with Crippen LogP contribution in [-0.4, -0.2) is 34.4 Å². The third-order valence-corrected chi connectivity index (χ3v) is 3.86. The molecule has 0 saturated heterocycles. The Morgan fingerprint density at radius 1 is 1.26 bits per heavy atom. The van der Waals surface area contributed by atoms with Crippen LogP contribution in [0.2, 0.25) is 5.02 Å². The van der Waals surface area contributed by atoms with Gasteiger partial charge in [0.25, 0.3) is 5.91 Å². The summed E-state index contributed by atoms with van der Waals surface area (Å²) in [6.45, 7) is 3.37. The van der Waals surface area contributed by atoms with Crippen LogP contribution in [0.25, 0.3) is 0 Å². The van der Waals surface area contributed by atoms with Gasteiger partial charge in [-0.15, -0.1) is 0 Å². The summed E-state index contributed by atoms with van der Waals surface area (Å²) in [5.41, 5.74) is 1.46. The predicted octanol–water partition coefficient (Wildman–Crippen LogP) is 3.61. The molecule has 0 aliphatic heterocycles. The van der Waals surface area contributed by atoms with E-state index in [0.717, 1.165) is 24.9 Å². The minimum atomic E-state index is -0.0592. The molecule has 0 unspecified atom stereocenters. The van der Waals surface area contributed by atoms with E-state index < -0.39 is 0 Å². The summed E-state index contributed by atoms with van der Waals surface area (Å²) in [5.74, 6) is 0.411. The van der Waals surface area contributed by atoms with Gasteiger partial charge in [0.2, 0.25) is 5.95 Å². The molecule has 1 amide bonds. The number of carbonyl (C=O) groups excluding carboxylic acids is 1. The van der Waals surface area contributed by atoms with Crippen molar-refractivity contribution in [3.05, 3.63) is 52.8 Å². The first-order chi connectivity index (χ1) is 11.1. The van der Waals surface area contributed by atoms with Crippen LogP contribution >= 0.6 is 11.6 Å². The van der Waals surface area contributed by atoms with Crippen LogP contribution < -0.4 is 5.32 Å². The number of aromatic nitrogens is 2. The maximum absolute atomic E-state index is 12.2. The van der Waals surface area contributed by atoms with Crippen LogP contribution in [0.15, 0.2) is 36.7 Å². The van der Waals surface area contributed by atoms with Crippen LogP contribution in [0.1, 0.15) is 35.7 Å². The van der Waals surface area contributed by atoms with E-state index in [0.29, 0.717) is 23.1 Å². The van der Waals surface area contributed by atoms with Gasteiger partial charge in [-0.1, -0.05) is 43.1 Å². The molecule has 0 aliphatic carbocycles. The second-order valence-electron chi connectivity index (χ2n) is 5.32. The Labute approximate surface area is 141 Å². The van der Waals surface area contributed by atoms with E-state index in [2.05, 4.69) is 22.2 Å². The highest BCUT2D eigenvalue weighted by molar-refractivity contribution is 6.31. The van der Waals surface area contributed by atoms with Crippen molar-refractivity contribution in [3.8, 4) is 0 Å². The molecule has 1 N–H and O–H groups in total. The molecule has 5 nitrogen and oxygen atoms in total. The summed E-state index contributed by atoms with van der Waals surface area (Å²) in [6, 6.07) is 7.60. The molecule has 0 saturated carbocycles. The number of hydrogen-bond donors (Lipinski definition) is 1. The van der Waals surface area contributed by atoms with E-state index in [1.165, 1.54) is 0 Å². The molecule has 1 aromatic carbocycles. The third-order valence-electron chi connectivity index (χ3n) is 3.49. The van der Waals surface area contributed by atoms with Gasteiger partial charge in [-0.3, -0.25) is 4.79 Å². The van der Waals surface area contributed by atoms with E-state index in [1.807, 2.05) is 24.3 Å². The van der Waals surface area contributed by atoms with Crippen molar-refractivity contribution in [2.45, 2.75) is 26.3 Å². The molecule has 0 atom stereocenters. The SMILES string of the molecule is CCCCN(C)C(=O)c1cnc(NCc2ccccc2Cl)nc1. The standard InChI is InChI=1S/C17H21ClN4O/c1-3-4-9-22(2)16(23)14-11-20-17(21-12-14)19-10-13-7-5-6-8-15(13)18/h5-8,11-12H,3-4,9-10H2,1-2H3,(H,19,20,21). The first-order valence-electron chi connectivity index (χ1n) is 7.66. The quantitative estimate of drug-likeness (QED) is 0.841. The first-order valence-corrected chi connectivity index (χ1v) is 8.04. The Bertz CT molecular complexity index is 645. The monoisotopic (exact) mass is 332 g/mol. The van der Waals surface area contributed by atoms with Crippen LogP contribution in [0.5, 0.6) is 0 Å². The zero-order chi connectivity index (χ0) is 16.7. The minimum Gasteiger partial charge on any atom is -0.350 e. The Hall–Kier alpha value is -2.14. The highest BCUT2D eigenvalue weighted by Gasteiger charge is 2.12. The number of hydrogen-bond acceptors (Lipinski definition) is 4. The average molecular weight is 333 g/mol. The third kappa shape index (κ3) is 4.93. The summed E-state index contributed by atoms with van der Waals surface area (Å²) in [6.07, 6.45) is 5.14. The summed E-state index contributed by atoms with van der Waals surface area (Å²) < 4.78 is 0. The summed E-state index contributed by atoms with van der Waals surface area (Å²) in [5, 5.41) is 3.80. The highest BCUT2D eigenvalue weighted by atomic mass is 35.5. The molecule has 1 heterocycles. The van der Waals surface area contributed by atoms with Gasteiger partial charge in [-0.25, -0.2) is 9.97 Å². The maximum atomic E-state index is 12.2. The van der Waals surface area contributed by atoms with Gasteiger partial charge in [0.15, 0.2) is 0 Å². The van der Waals surface area contributed by atoms with Crippen molar-refractivity contribution in [1.82, 2.24) is 14.9 Å². The number of carbonyl (C=O) groups is 1. The van der Waals surface area contributed by atoms with E-state index in [9.17, 15) is 4.79 Å². The smallest absolute Gasteiger partial charge is 0.256 e. The normalized spacial score (nSPS) is 10.4. The Kier molecular flexibility index (Phi) is 6.35. The van der Waals surface area contributed by atoms with Gasteiger partial charge in [-0.2, -0.15) is 0 Å². The van der Waals surface area contributed by atoms with Crippen LogP contribution in [0, 0.1) is 0 Å².